The Morgan fingerprint density at radius 2 is 1.72 bits per heavy atom. The Labute approximate surface area is 114 Å². The van der Waals surface area contributed by atoms with Gasteiger partial charge in [-0.05, 0) is 51.8 Å². The third-order valence-electron chi connectivity index (χ3n) is 2.39. The molecule has 5 heteroatoms. The first-order valence-corrected chi connectivity index (χ1v) is 7.26. The van der Waals surface area contributed by atoms with Crippen molar-refractivity contribution in [2.24, 2.45) is 0 Å². The summed E-state index contributed by atoms with van der Waals surface area (Å²) in [5.41, 5.74) is 0.623. The average molecular weight is 331 g/mol. The third kappa shape index (κ3) is 3.03. The van der Waals surface area contributed by atoms with Gasteiger partial charge in [0, 0.05) is 4.90 Å². The van der Waals surface area contributed by atoms with Crippen LogP contribution in [0.3, 0.4) is 0 Å². The Balaban J connectivity index is 2.21. The molecule has 94 valence electrons. The number of rotatable bonds is 3. The van der Waals surface area contributed by atoms with E-state index < -0.39 is 10.8 Å². The maximum atomic E-state index is 13.3. The zero-order chi connectivity index (χ0) is 13.1. The molecular weight excluding hydrogens is 322 g/mol. The zero-order valence-electron chi connectivity index (χ0n) is 9.20. The third-order valence-corrected chi connectivity index (χ3v) is 4.65. The highest BCUT2D eigenvalue weighted by Crippen LogP contribution is 2.23. The van der Waals surface area contributed by atoms with Gasteiger partial charge in [-0.2, -0.15) is 0 Å². The second-order valence-electron chi connectivity index (χ2n) is 3.66. The van der Waals surface area contributed by atoms with Crippen LogP contribution in [0, 0.1) is 11.6 Å². The quantitative estimate of drug-likeness (QED) is 0.830. The van der Waals surface area contributed by atoms with Gasteiger partial charge in [-0.3, -0.25) is 4.21 Å². The predicted octanol–water partition coefficient (Wildman–Crippen LogP) is 4.04. The minimum atomic E-state index is -1.32. The van der Waals surface area contributed by atoms with Crippen molar-refractivity contribution in [1.29, 1.82) is 0 Å². The van der Waals surface area contributed by atoms with E-state index in [-0.39, 0.29) is 17.4 Å². The summed E-state index contributed by atoms with van der Waals surface area (Å²) in [7, 11) is -1.32. The summed E-state index contributed by atoms with van der Waals surface area (Å²) in [6.45, 7) is 0. The smallest absolute Gasteiger partial charge is 0.137 e. The van der Waals surface area contributed by atoms with Crippen molar-refractivity contribution in [2.45, 2.75) is 10.6 Å². The highest BCUT2D eigenvalue weighted by molar-refractivity contribution is 9.10. The minimum Gasteiger partial charge on any atom is -0.254 e. The van der Waals surface area contributed by atoms with Crippen LogP contribution < -0.4 is 0 Å². The van der Waals surface area contributed by atoms with Crippen molar-refractivity contribution in [3.63, 3.8) is 0 Å². The van der Waals surface area contributed by atoms with Crippen LogP contribution >= 0.6 is 15.9 Å². The van der Waals surface area contributed by atoms with E-state index >= 15 is 0 Å². The number of hydrogen-bond donors (Lipinski definition) is 0. The molecule has 0 N–H and O–H groups in total. The van der Waals surface area contributed by atoms with Crippen LogP contribution in [0.4, 0.5) is 8.78 Å². The van der Waals surface area contributed by atoms with E-state index in [1.54, 1.807) is 12.1 Å². The first kappa shape index (κ1) is 13.4. The Kier molecular flexibility index (Phi) is 4.24. The van der Waals surface area contributed by atoms with Crippen molar-refractivity contribution >= 4 is 26.7 Å². The van der Waals surface area contributed by atoms with E-state index in [1.807, 2.05) is 0 Å². The van der Waals surface area contributed by atoms with Gasteiger partial charge in [-0.1, -0.05) is 12.1 Å². The van der Waals surface area contributed by atoms with Crippen molar-refractivity contribution in [3.05, 3.63) is 64.1 Å². The van der Waals surface area contributed by atoms with Gasteiger partial charge in [0.1, 0.15) is 11.6 Å². The van der Waals surface area contributed by atoms with Crippen LogP contribution in [0.15, 0.2) is 51.8 Å². The fourth-order valence-corrected chi connectivity index (χ4v) is 3.19. The summed E-state index contributed by atoms with van der Waals surface area (Å²) in [4.78, 5) is 0.521. The van der Waals surface area contributed by atoms with Gasteiger partial charge in [-0.25, -0.2) is 8.78 Å². The van der Waals surface area contributed by atoms with Gasteiger partial charge in [0.05, 0.1) is 21.0 Å². The molecule has 0 saturated carbocycles. The first-order chi connectivity index (χ1) is 8.58. The van der Waals surface area contributed by atoms with Crippen molar-refractivity contribution in [3.8, 4) is 0 Å². The Bertz CT molecular complexity index is 584. The standard InChI is InChI=1S/C13H9BrF2OS/c14-13-9(2-1-3-12(13)16)8-18(17)11-6-4-10(15)5-7-11/h1-7H,8H2. The molecule has 0 heterocycles. The molecule has 1 atom stereocenters. The maximum absolute atomic E-state index is 13.3. The lowest BCUT2D eigenvalue weighted by Crippen LogP contribution is -1.98. The lowest BCUT2D eigenvalue weighted by atomic mass is 10.2. The molecule has 0 saturated heterocycles. The zero-order valence-corrected chi connectivity index (χ0v) is 11.6. The predicted molar refractivity (Wildman–Crippen MR) is 70.6 cm³/mol. The fraction of sp³-hybridized carbons (Fsp3) is 0.0769. The Morgan fingerprint density at radius 1 is 1.06 bits per heavy atom. The summed E-state index contributed by atoms with van der Waals surface area (Å²) in [6, 6.07) is 10.1. The fourth-order valence-electron chi connectivity index (χ4n) is 1.47. The Hall–Kier alpha value is -1.07. The van der Waals surface area contributed by atoms with E-state index in [1.165, 1.54) is 30.3 Å². The highest BCUT2D eigenvalue weighted by Gasteiger charge is 2.10. The van der Waals surface area contributed by atoms with Crippen LogP contribution in [-0.4, -0.2) is 4.21 Å². The van der Waals surface area contributed by atoms with E-state index in [9.17, 15) is 13.0 Å². The molecule has 0 bridgehead atoms. The topological polar surface area (TPSA) is 17.1 Å². The summed E-state index contributed by atoms with van der Waals surface area (Å²) in [5, 5.41) is 0. The van der Waals surface area contributed by atoms with Gasteiger partial charge in [-0.15, -0.1) is 0 Å². The van der Waals surface area contributed by atoms with Crippen LogP contribution in [0.25, 0.3) is 0 Å². The van der Waals surface area contributed by atoms with Crippen LogP contribution in [0.2, 0.25) is 0 Å². The molecular formula is C13H9BrF2OS. The maximum Gasteiger partial charge on any atom is 0.137 e. The molecule has 0 spiro atoms. The van der Waals surface area contributed by atoms with E-state index in [0.717, 1.165) is 0 Å². The normalized spacial score (nSPS) is 12.4. The van der Waals surface area contributed by atoms with Gasteiger partial charge in [0.25, 0.3) is 0 Å². The van der Waals surface area contributed by atoms with Crippen molar-refractivity contribution in [2.75, 3.05) is 0 Å². The van der Waals surface area contributed by atoms with E-state index in [0.29, 0.717) is 14.9 Å². The molecule has 0 amide bonds. The molecule has 1 unspecified atom stereocenters. The molecule has 1 nitrogen and oxygen atoms in total. The lowest BCUT2D eigenvalue weighted by molar-refractivity contribution is 0.619. The summed E-state index contributed by atoms with van der Waals surface area (Å²) in [6.07, 6.45) is 0. The number of hydrogen-bond acceptors (Lipinski definition) is 1. The number of halogens is 3. The second-order valence-corrected chi connectivity index (χ2v) is 5.90. The molecule has 2 rings (SSSR count). The van der Waals surface area contributed by atoms with E-state index in [4.69, 9.17) is 0 Å². The molecule has 0 fully saturated rings. The van der Waals surface area contributed by atoms with Crippen molar-refractivity contribution < 1.29 is 13.0 Å². The van der Waals surface area contributed by atoms with Gasteiger partial charge in [0.2, 0.25) is 0 Å². The highest BCUT2D eigenvalue weighted by atomic mass is 79.9. The summed E-state index contributed by atoms with van der Waals surface area (Å²) >= 11 is 3.12. The molecule has 0 aliphatic heterocycles. The van der Waals surface area contributed by atoms with Gasteiger partial charge in [0.15, 0.2) is 0 Å². The molecule has 0 aliphatic rings. The van der Waals surface area contributed by atoms with Gasteiger partial charge >= 0.3 is 0 Å². The van der Waals surface area contributed by atoms with E-state index in [2.05, 4.69) is 15.9 Å². The summed E-state index contributed by atoms with van der Waals surface area (Å²) < 4.78 is 38.4. The SMILES string of the molecule is O=S(Cc1cccc(F)c1Br)c1ccc(F)cc1. The first-order valence-electron chi connectivity index (χ1n) is 5.15. The van der Waals surface area contributed by atoms with Crippen molar-refractivity contribution in [1.82, 2.24) is 0 Å². The minimum absolute atomic E-state index is 0.184. The lowest BCUT2D eigenvalue weighted by Gasteiger charge is -2.05. The largest absolute Gasteiger partial charge is 0.254 e. The summed E-state index contributed by atoms with van der Waals surface area (Å²) in [5.74, 6) is -0.574. The molecule has 0 aliphatic carbocycles. The molecule has 2 aromatic carbocycles. The number of benzene rings is 2. The second kappa shape index (κ2) is 5.71. The molecule has 0 radical (unpaired) electrons. The molecule has 0 aromatic heterocycles. The van der Waals surface area contributed by atoms with Crippen LogP contribution in [0.1, 0.15) is 5.56 Å². The molecule has 18 heavy (non-hydrogen) atoms. The molecule has 2 aromatic rings. The monoisotopic (exact) mass is 330 g/mol. The van der Waals surface area contributed by atoms with Crippen LogP contribution in [-0.2, 0) is 16.6 Å². The average Bonchev–Trinajstić information content (AvgIpc) is 2.36. The Morgan fingerprint density at radius 3 is 2.39 bits per heavy atom. The van der Waals surface area contributed by atoms with Gasteiger partial charge < -0.3 is 0 Å². The van der Waals surface area contributed by atoms with Crippen LogP contribution in [0.5, 0.6) is 0 Å².